The standard InChI is InChI=1S/C19H25N5O3/c25-18(26)16-14-27-19(21-16)24-7-3-4-15(13-24)12-22-8-10-23(11-9-22)17-5-1-2-6-20-17/h1-2,5-6,14-15H,3-4,7-13H2,(H,25,26). The van der Waals surface area contributed by atoms with E-state index in [4.69, 9.17) is 9.52 Å². The normalized spacial score (nSPS) is 21.4. The second kappa shape index (κ2) is 7.96. The van der Waals surface area contributed by atoms with Crippen molar-refractivity contribution in [2.45, 2.75) is 12.8 Å². The second-order valence-electron chi connectivity index (χ2n) is 7.25. The summed E-state index contributed by atoms with van der Waals surface area (Å²) in [6, 6.07) is 6.47. The number of oxazole rings is 1. The van der Waals surface area contributed by atoms with Crippen LogP contribution in [0.15, 0.2) is 35.1 Å². The molecule has 4 rings (SSSR count). The predicted molar refractivity (Wildman–Crippen MR) is 101 cm³/mol. The third-order valence-electron chi connectivity index (χ3n) is 5.36. The van der Waals surface area contributed by atoms with E-state index >= 15 is 0 Å². The molecule has 1 N–H and O–H groups in total. The molecule has 0 aliphatic carbocycles. The minimum atomic E-state index is -1.05. The van der Waals surface area contributed by atoms with E-state index in [9.17, 15) is 4.79 Å². The van der Waals surface area contributed by atoms with Gasteiger partial charge in [-0.25, -0.2) is 9.78 Å². The van der Waals surface area contributed by atoms with Crippen molar-refractivity contribution < 1.29 is 14.3 Å². The third-order valence-corrected chi connectivity index (χ3v) is 5.36. The molecule has 27 heavy (non-hydrogen) atoms. The first kappa shape index (κ1) is 17.8. The van der Waals surface area contributed by atoms with Gasteiger partial charge < -0.3 is 19.3 Å². The van der Waals surface area contributed by atoms with Crippen LogP contribution in [0, 0.1) is 5.92 Å². The molecular formula is C19H25N5O3. The Kier molecular flexibility index (Phi) is 5.24. The van der Waals surface area contributed by atoms with E-state index < -0.39 is 5.97 Å². The van der Waals surface area contributed by atoms with Crippen molar-refractivity contribution in [3.8, 4) is 0 Å². The van der Waals surface area contributed by atoms with Gasteiger partial charge in [0.25, 0.3) is 6.01 Å². The number of aromatic nitrogens is 2. The lowest BCUT2D eigenvalue weighted by Crippen LogP contribution is -2.50. The van der Waals surface area contributed by atoms with Crippen LogP contribution in [0.2, 0.25) is 0 Å². The molecule has 144 valence electrons. The molecule has 2 aromatic rings. The second-order valence-corrected chi connectivity index (χ2v) is 7.25. The van der Waals surface area contributed by atoms with Crippen LogP contribution in [-0.4, -0.2) is 71.8 Å². The molecule has 8 nitrogen and oxygen atoms in total. The van der Waals surface area contributed by atoms with Crippen molar-refractivity contribution in [1.82, 2.24) is 14.9 Å². The molecule has 0 radical (unpaired) electrons. The largest absolute Gasteiger partial charge is 0.476 e. The molecule has 1 atom stereocenters. The Morgan fingerprint density at radius 2 is 2.04 bits per heavy atom. The number of hydrogen-bond acceptors (Lipinski definition) is 7. The smallest absolute Gasteiger partial charge is 0.357 e. The fraction of sp³-hybridized carbons (Fsp3) is 0.526. The molecule has 0 bridgehead atoms. The van der Waals surface area contributed by atoms with E-state index in [-0.39, 0.29) is 5.69 Å². The quantitative estimate of drug-likeness (QED) is 0.852. The Bertz CT molecular complexity index is 758. The van der Waals surface area contributed by atoms with Gasteiger partial charge in [0.15, 0.2) is 5.69 Å². The lowest BCUT2D eigenvalue weighted by molar-refractivity contribution is 0.0690. The van der Waals surface area contributed by atoms with Crippen LogP contribution in [0.1, 0.15) is 23.3 Å². The van der Waals surface area contributed by atoms with E-state index in [0.29, 0.717) is 11.9 Å². The fourth-order valence-corrected chi connectivity index (χ4v) is 3.96. The van der Waals surface area contributed by atoms with Gasteiger partial charge in [-0.3, -0.25) is 4.90 Å². The number of piperazine rings is 1. The van der Waals surface area contributed by atoms with Crippen molar-refractivity contribution in [3.05, 3.63) is 36.4 Å². The van der Waals surface area contributed by atoms with Crippen molar-refractivity contribution in [3.63, 3.8) is 0 Å². The average molecular weight is 371 g/mol. The number of carbonyl (C=O) groups is 1. The van der Waals surface area contributed by atoms with Crippen molar-refractivity contribution in [1.29, 1.82) is 0 Å². The zero-order chi connectivity index (χ0) is 18.6. The highest BCUT2D eigenvalue weighted by molar-refractivity contribution is 5.85. The summed E-state index contributed by atoms with van der Waals surface area (Å²) in [4.78, 5) is 26.5. The number of carboxylic acid groups (broad SMARTS) is 1. The molecule has 8 heteroatoms. The van der Waals surface area contributed by atoms with Gasteiger partial charge in [0.1, 0.15) is 12.1 Å². The fourth-order valence-electron chi connectivity index (χ4n) is 3.96. The summed E-state index contributed by atoms with van der Waals surface area (Å²) in [5.74, 6) is 0.545. The van der Waals surface area contributed by atoms with Gasteiger partial charge in [0.2, 0.25) is 0 Å². The molecule has 2 aliphatic heterocycles. The molecule has 2 saturated heterocycles. The summed E-state index contributed by atoms with van der Waals surface area (Å²) >= 11 is 0. The number of hydrogen-bond donors (Lipinski definition) is 1. The van der Waals surface area contributed by atoms with Crippen LogP contribution in [0.4, 0.5) is 11.8 Å². The predicted octanol–water partition coefficient (Wildman–Crippen LogP) is 1.81. The first-order valence-corrected chi connectivity index (χ1v) is 9.51. The summed E-state index contributed by atoms with van der Waals surface area (Å²) in [6.45, 7) is 6.84. The summed E-state index contributed by atoms with van der Waals surface area (Å²) in [5, 5.41) is 9.01. The average Bonchev–Trinajstić information content (AvgIpc) is 3.20. The van der Waals surface area contributed by atoms with Gasteiger partial charge in [-0.05, 0) is 30.9 Å². The summed E-state index contributed by atoms with van der Waals surface area (Å²) in [6.07, 6.45) is 5.32. The summed E-state index contributed by atoms with van der Waals surface area (Å²) < 4.78 is 5.37. The van der Waals surface area contributed by atoms with Crippen LogP contribution < -0.4 is 9.80 Å². The minimum absolute atomic E-state index is 0.0298. The number of aromatic carboxylic acids is 1. The highest BCUT2D eigenvalue weighted by atomic mass is 16.4. The molecule has 0 saturated carbocycles. The van der Waals surface area contributed by atoms with Crippen LogP contribution >= 0.6 is 0 Å². The Hall–Kier alpha value is -2.61. The van der Waals surface area contributed by atoms with Crippen molar-refractivity contribution in [2.24, 2.45) is 5.92 Å². The van der Waals surface area contributed by atoms with E-state index in [1.807, 2.05) is 18.3 Å². The number of nitrogens with zero attached hydrogens (tertiary/aromatic N) is 5. The maximum atomic E-state index is 11.0. The van der Waals surface area contributed by atoms with Gasteiger partial charge >= 0.3 is 5.97 Å². The maximum absolute atomic E-state index is 11.0. The van der Waals surface area contributed by atoms with E-state index in [2.05, 4.69) is 30.7 Å². The summed E-state index contributed by atoms with van der Waals surface area (Å²) in [5.41, 5.74) is -0.0298. The van der Waals surface area contributed by atoms with Crippen molar-refractivity contribution >= 4 is 17.8 Å². The van der Waals surface area contributed by atoms with Crippen LogP contribution in [-0.2, 0) is 0 Å². The Balaban J connectivity index is 1.29. The first-order valence-electron chi connectivity index (χ1n) is 9.51. The highest BCUT2D eigenvalue weighted by Gasteiger charge is 2.27. The number of pyridine rings is 1. The monoisotopic (exact) mass is 371 g/mol. The van der Waals surface area contributed by atoms with Gasteiger partial charge in [-0.15, -0.1) is 0 Å². The SMILES string of the molecule is O=C(O)c1coc(N2CCCC(CN3CCN(c4ccccn4)CC3)C2)n1. The molecular weight excluding hydrogens is 346 g/mol. The summed E-state index contributed by atoms with van der Waals surface area (Å²) in [7, 11) is 0. The number of carboxylic acids is 1. The van der Waals surface area contributed by atoms with Gasteiger partial charge in [0, 0.05) is 52.0 Å². The van der Waals surface area contributed by atoms with Gasteiger partial charge in [-0.2, -0.15) is 4.98 Å². The minimum Gasteiger partial charge on any atom is -0.476 e. The van der Waals surface area contributed by atoms with E-state index in [1.54, 1.807) is 0 Å². The molecule has 2 aromatic heterocycles. The van der Waals surface area contributed by atoms with Crippen molar-refractivity contribution in [2.75, 3.05) is 55.6 Å². The Morgan fingerprint density at radius 3 is 2.74 bits per heavy atom. The zero-order valence-corrected chi connectivity index (χ0v) is 15.3. The molecule has 0 amide bonds. The van der Waals surface area contributed by atoms with Gasteiger partial charge in [0.05, 0.1) is 0 Å². The zero-order valence-electron chi connectivity index (χ0n) is 15.3. The lowest BCUT2D eigenvalue weighted by Gasteiger charge is -2.39. The molecule has 2 aliphatic rings. The first-order chi connectivity index (χ1) is 13.2. The van der Waals surface area contributed by atoms with Crippen LogP contribution in [0.3, 0.4) is 0 Å². The Labute approximate surface area is 158 Å². The number of piperidine rings is 1. The number of anilines is 2. The number of rotatable bonds is 5. The van der Waals surface area contributed by atoms with Gasteiger partial charge in [-0.1, -0.05) is 6.07 Å². The Morgan fingerprint density at radius 1 is 1.19 bits per heavy atom. The lowest BCUT2D eigenvalue weighted by atomic mass is 9.97. The topological polar surface area (TPSA) is 85.9 Å². The molecule has 4 heterocycles. The molecule has 0 aromatic carbocycles. The van der Waals surface area contributed by atoms with E-state index in [0.717, 1.165) is 58.1 Å². The molecule has 0 spiro atoms. The third kappa shape index (κ3) is 4.21. The van der Waals surface area contributed by atoms with E-state index in [1.165, 1.54) is 12.7 Å². The van der Waals surface area contributed by atoms with Crippen LogP contribution in [0.5, 0.6) is 0 Å². The highest BCUT2D eigenvalue weighted by Crippen LogP contribution is 2.24. The molecule has 2 fully saturated rings. The van der Waals surface area contributed by atoms with Crippen LogP contribution in [0.25, 0.3) is 0 Å². The maximum Gasteiger partial charge on any atom is 0.357 e. The molecule has 1 unspecified atom stereocenters.